The van der Waals surface area contributed by atoms with Gasteiger partial charge in [0.1, 0.15) is 11.5 Å². The highest BCUT2D eigenvalue weighted by Crippen LogP contribution is 2.21. The first-order valence-corrected chi connectivity index (χ1v) is 9.26. The van der Waals surface area contributed by atoms with Crippen LogP contribution in [0.25, 0.3) is 0 Å². The number of hydrogen-bond donors (Lipinski definition) is 0. The molecule has 0 saturated carbocycles. The highest BCUT2D eigenvalue weighted by atomic mass is 16.6. The number of hydrogen-bond acceptors (Lipinski definition) is 4. The monoisotopic (exact) mass is 336 g/mol. The summed E-state index contributed by atoms with van der Waals surface area (Å²) >= 11 is 0. The standard InChI is InChI=1S/C20H32O4/c1-5-16(21)13-11-9-7-8-10-12-14-18-15(3)19(22)17(6-2)20(23-4)24-18/h5-14H2,1-4H3. The molecule has 24 heavy (non-hydrogen) atoms. The van der Waals surface area contributed by atoms with Gasteiger partial charge in [-0.15, -0.1) is 0 Å². The summed E-state index contributed by atoms with van der Waals surface area (Å²) in [4.78, 5) is 23.5. The summed E-state index contributed by atoms with van der Waals surface area (Å²) in [5.41, 5.74) is 1.39. The van der Waals surface area contributed by atoms with Crippen molar-refractivity contribution in [3.8, 4) is 5.95 Å². The maximum Gasteiger partial charge on any atom is 0.291 e. The predicted molar refractivity (Wildman–Crippen MR) is 97.0 cm³/mol. The lowest BCUT2D eigenvalue weighted by molar-refractivity contribution is -0.118. The van der Waals surface area contributed by atoms with Crippen molar-refractivity contribution in [2.24, 2.45) is 0 Å². The van der Waals surface area contributed by atoms with E-state index in [0.29, 0.717) is 35.7 Å². The summed E-state index contributed by atoms with van der Waals surface area (Å²) in [6.45, 7) is 5.69. The van der Waals surface area contributed by atoms with Gasteiger partial charge in [0, 0.05) is 24.8 Å². The molecule has 0 atom stereocenters. The first-order valence-electron chi connectivity index (χ1n) is 9.26. The van der Waals surface area contributed by atoms with Crippen LogP contribution in [-0.4, -0.2) is 12.9 Å². The maximum atomic E-state index is 12.3. The quantitative estimate of drug-likeness (QED) is 0.516. The number of carbonyl (C=O) groups is 1. The van der Waals surface area contributed by atoms with Crippen molar-refractivity contribution in [2.75, 3.05) is 7.11 Å². The molecular weight excluding hydrogens is 304 g/mol. The third-order valence-corrected chi connectivity index (χ3v) is 4.54. The SMILES string of the molecule is CCC(=O)CCCCCCCCc1oc(OC)c(CC)c(=O)c1C. The molecule has 4 nitrogen and oxygen atoms in total. The van der Waals surface area contributed by atoms with E-state index >= 15 is 0 Å². The van der Waals surface area contributed by atoms with Gasteiger partial charge in [-0.05, 0) is 26.2 Å². The molecule has 0 aliphatic heterocycles. The van der Waals surface area contributed by atoms with Crippen molar-refractivity contribution in [1.82, 2.24) is 0 Å². The van der Waals surface area contributed by atoms with Gasteiger partial charge in [0.2, 0.25) is 0 Å². The molecule has 0 radical (unpaired) electrons. The Morgan fingerprint density at radius 1 is 1.04 bits per heavy atom. The topological polar surface area (TPSA) is 56.5 Å². The average molecular weight is 336 g/mol. The summed E-state index contributed by atoms with van der Waals surface area (Å²) in [5.74, 6) is 1.48. The number of methoxy groups -OCH3 is 1. The van der Waals surface area contributed by atoms with Crippen LogP contribution in [0.5, 0.6) is 5.95 Å². The number of unbranched alkanes of at least 4 members (excludes halogenated alkanes) is 5. The van der Waals surface area contributed by atoms with Crippen LogP contribution in [0.1, 0.15) is 82.1 Å². The van der Waals surface area contributed by atoms with Gasteiger partial charge in [0.25, 0.3) is 5.95 Å². The normalized spacial score (nSPS) is 10.8. The van der Waals surface area contributed by atoms with Crippen molar-refractivity contribution in [3.05, 3.63) is 27.1 Å². The molecule has 0 amide bonds. The minimum absolute atomic E-state index is 0.0520. The number of carbonyl (C=O) groups excluding carboxylic acids is 1. The molecule has 136 valence electrons. The molecular formula is C20H32O4. The molecule has 1 aromatic heterocycles. The van der Waals surface area contributed by atoms with E-state index < -0.39 is 0 Å². The molecule has 4 heteroatoms. The van der Waals surface area contributed by atoms with Gasteiger partial charge in [-0.2, -0.15) is 0 Å². The molecule has 0 spiro atoms. The van der Waals surface area contributed by atoms with Gasteiger partial charge in [0.15, 0.2) is 5.43 Å². The Morgan fingerprint density at radius 3 is 2.25 bits per heavy atom. The molecule has 1 heterocycles. The lowest BCUT2D eigenvalue weighted by atomic mass is 10.0. The van der Waals surface area contributed by atoms with E-state index in [4.69, 9.17) is 9.15 Å². The molecule has 0 saturated heterocycles. The van der Waals surface area contributed by atoms with Gasteiger partial charge in [0.05, 0.1) is 12.7 Å². The summed E-state index contributed by atoms with van der Waals surface area (Å²) < 4.78 is 11.0. The average Bonchev–Trinajstić information content (AvgIpc) is 2.60. The lowest BCUT2D eigenvalue weighted by Crippen LogP contribution is -2.15. The number of ether oxygens (including phenoxy) is 1. The zero-order chi connectivity index (χ0) is 17.9. The van der Waals surface area contributed by atoms with E-state index in [0.717, 1.165) is 57.1 Å². The second-order valence-electron chi connectivity index (χ2n) is 6.32. The third-order valence-electron chi connectivity index (χ3n) is 4.54. The highest BCUT2D eigenvalue weighted by molar-refractivity contribution is 5.77. The summed E-state index contributed by atoms with van der Waals surface area (Å²) in [5, 5.41) is 0. The molecule has 0 fully saturated rings. The Morgan fingerprint density at radius 2 is 1.67 bits per heavy atom. The molecule has 0 unspecified atom stereocenters. The fraction of sp³-hybridized carbons (Fsp3) is 0.700. The zero-order valence-corrected chi connectivity index (χ0v) is 15.7. The predicted octanol–water partition coefficient (Wildman–Crippen LogP) is 4.77. The van der Waals surface area contributed by atoms with E-state index in [1.165, 1.54) is 0 Å². The van der Waals surface area contributed by atoms with E-state index in [1.807, 2.05) is 20.8 Å². The second kappa shape index (κ2) is 11.1. The number of ketones is 1. The Bertz CT molecular complexity index is 572. The fourth-order valence-corrected chi connectivity index (χ4v) is 2.90. The molecule has 1 rings (SSSR count). The molecule has 0 bridgehead atoms. The zero-order valence-electron chi connectivity index (χ0n) is 15.7. The van der Waals surface area contributed by atoms with Gasteiger partial charge < -0.3 is 9.15 Å². The van der Waals surface area contributed by atoms with Crippen molar-refractivity contribution >= 4 is 5.78 Å². The smallest absolute Gasteiger partial charge is 0.291 e. The van der Waals surface area contributed by atoms with Gasteiger partial charge in [-0.25, -0.2) is 0 Å². The number of aryl methyl sites for hydroxylation is 1. The van der Waals surface area contributed by atoms with Crippen molar-refractivity contribution < 1.29 is 13.9 Å². The molecule has 1 aromatic rings. The maximum absolute atomic E-state index is 12.3. The van der Waals surface area contributed by atoms with E-state index in [9.17, 15) is 9.59 Å². The van der Waals surface area contributed by atoms with Gasteiger partial charge in [-0.1, -0.05) is 39.5 Å². The van der Waals surface area contributed by atoms with E-state index in [1.54, 1.807) is 7.11 Å². The van der Waals surface area contributed by atoms with Crippen LogP contribution in [0.4, 0.5) is 0 Å². The first kappa shape index (κ1) is 20.5. The van der Waals surface area contributed by atoms with Crippen LogP contribution in [0.3, 0.4) is 0 Å². The van der Waals surface area contributed by atoms with Crippen LogP contribution in [0.2, 0.25) is 0 Å². The molecule has 0 aliphatic rings. The summed E-state index contributed by atoms with van der Waals surface area (Å²) in [7, 11) is 1.54. The van der Waals surface area contributed by atoms with Gasteiger partial charge in [-0.3, -0.25) is 9.59 Å². The number of rotatable bonds is 12. The second-order valence-corrected chi connectivity index (χ2v) is 6.32. The van der Waals surface area contributed by atoms with Crippen LogP contribution >= 0.6 is 0 Å². The Labute approximate surface area is 145 Å². The van der Waals surface area contributed by atoms with E-state index in [2.05, 4.69) is 0 Å². The highest BCUT2D eigenvalue weighted by Gasteiger charge is 2.15. The first-order chi connectivity index (χ1) is 11.5. The van der Waals surface area contributed by atoms with Gasteiger partial charge >= 0.3 is 0 Å². The largest absolute Gasteiger partial charge is 0.468 e. The molecule has 0 aromatic carbocycles. The van der Waals surface area contributed by atoms with Crippen molar-refractivity contribution in [2.45, 2.75) is 85.0 Å². The summed E-state index contributed by atoms with van der Waals surface area (Å²) in [6, 6.07) is 0. The van der Waals surface area contributed by atoms with Crippen molar-refractivity contribution in [3.63, 3.8) is 0 Å². The van der Waals surface area contributed by atoms with Crippen LogP contribution in [0.15, 0.2) is 9.21 Å². The minimum Gasteiger partial charge on any atom is -0.468 e. The Balaban J connectivity index is 2.37. The van der Waals surface area contributed by atoms with E-state index in [-0.39, 0.29) is 5.43 Å². The van der Waals surface area contributed by atoms with Crippen LogP contribution in [0, 0.1) is 6.92 Å². The van der Waals surface area contributed by atoms with Crippen LogP contribution < -0.4 is 10.2 Å². The van der Waals surface area contributed by atoms with Crippen molar-refractivity contribution in [1.29, 1.82) is 0 Å². The lowest BCUT2D eigenvalue weighted by Gasteiger charge is -2.10. The third kappa shape index (κ3) is 6.14. The fourth-order valence-electron chi connectivity index (χ4n) is 2.90. The Kier molecular flexibility index (Phi) is 9.43. The minimum atomic E-state index is 0.0520. The summed E-state index contributed by atoms with van der Waals surface area (Å²) in [6.07, 6.45) is 9.36. The molecule has 0 N–H and O–H groups in total. The van der Waals surface area contributed by atoms with Crippen LogP contribution in [-0.2, 0) is 17.6 Å². The Hall–Kier alpha value is -1.58. The number of Topliss-reactive ketones (excluding diaryl/α,β-unsaturated/α-hetero) is 1. The molecule has 0 aliphatic carbocycles.